The van der Waals surface area contributed by atoms with E-state index in [4.69, 9.17) is 0 Å². The predicted octanol–water partition coefficient (Wildman–Crippen LogP) is 3.77. The summed E-state index contributed by atoms with van der Waals surface area (Å²) in [6.07, 6.45) is 5.45. The molecule has 0 spiro atoms. The van der Waals surface area contributed by atoms with Gasteiger partial charge in [-0.15, -0.1) is 0 Å². The Morgan fingerprint density at radius 1 is 1.16 bits per heavy atom. The molecule has 1 saturated carbocycles. The van der Waals surface area contributed by atoms with Crippen LogP contribution in [-0.4, -0.2) is 37.1 Å². The lowest BCUT2D eigenvalue weighted by Gasteiger charge is -2.41. The SMILES string of the molecule is CCNC1CCC(C(C)C)CC1CN(C)C(C)CC. The molecule has 4 atom stereocenters. The molecule has 1 aliphatic carbocycles. The maximum atomic E-state index is 3.73. The van der Waals surface area contributed by atoms with E-state index < -0.39 is 0 Å². The van der Waals surface area contributed by atoms with Gasteiger partial charge in [-0.25, -0.2) is 0 Å². The fourth-order valence-corrected chi connectivity index (χ4v) is 3.50. The lowest BCUT2D eigenvalue weighted by molar-refractivity contribution is 0.117. The van der Waals surface area contributed by atoms with Crippen LogP contribution in [0.15, 0.2) is 0 Å². The van der Waals surface area contributed by atoms with Crippen molar-refractivity contribution in [2.24, 2.45) is 17.8 Å². The summed E-state index contributed by atoms with van der Waals surface area (Å²) in [5, 5.41) is 3.73. The highest BCUT2D eigenvalue weighted by Gasteiger charge is 2.32. The summed E-state index contributed by atoms with van der Waals surface area (Å²) < 4.78 is 0. The standard InChI is InChI=1S/C17H36N2/c1-7-14(5)19(6)12-16-11-15(13(3)4)9-10-17(16)18-8-2/h13-18H,7-12H2,1-6H3. The molecular weight excluding hydrogens is 232 g/mol. The number of hydrogen-bond acceptors (Lipinski definition) is 2. The van der Waals surface area contributed by atoms with E-state index in [0.29, 0.717) is 6.04 Å². The van der Waals surface area contributed by atoms with Gasteiger partial charge in [-0.1, -0.05) is 27.7 Å². The molecule has 4 unspecified atom stereocenters. The van der Waals surface area contributed by atoms with Crippen molar-refractivity contribution in [1.82, 2.24) is 10.2 Å². The molecule has 1 aliphatic rings. The molecule has 1 N–H and O–H groups in total. The second-order valence-corrected chi connectivity index (χ2v) is 6.94. The van der Waals surface area contributed by atoms with Crippen LogP contribution in [0.2, 0.25) is 0 Å². The van der Waals surface area contributed by atoms with E-state index in [1.165, 1.54) is 32.2 Å². The maximum absolute atomic E-state index is 3.73. The van der Waals surface area contributed by atoms with E-state index >= 15 is 0 Å². The normalized spacial score (nSPS) is 30.0. The summed E-state index contributed by atoms with van der Waals surface area (Å²) in [7, 11) is 2.30. The molecule has 0 radical (unpaired) electrons. The number of rotatable bonds is 7. The molecule has 0 aromatic heterocycles. The topological polar surface area (TPSA) is 15.3 Å². The zero-order valence-corrected chi connectivity index (χ0v) is 14.1. The largest absolute Gasteiger partial charge is 0.314 e. The molecule has 0 aromatic rings. The van der Waals surface area contributed by atoms with Crippen LogP contribution in [0.4, 0.5) is 0 Å². The molecule has 0 bridgehead atoms. The van der Waals surface area contributed by atoms with Crippen molar-refractivity contribution in [3.05, 3.63) is 0 Å². The van der Waals surface area contributed by atoms with Crippen molar-refractivity contribution < 1.29 is 0 Å². The second-order valence-electron chi connectivity index (χ2n) is 6.94. The van der Waals surface area contributed by atoms with Crippen molar-refractivity contribution in [2.75, 3.05) is 20.1 Å². The third kappa shape index (κ3) is 5.07. The van der Waals surface area contributed by atoms with Crippen LogP contribution < -0.4 is 5.32 Å². The summed E-state index contributed by atoms with van der Waals surface area (Å²) in [5.41, 5.74) is 0. The molecule has 0 aromatic carbocycles. The summed E-state index contributed by atoms with van der Waals surface area (Å²) in [5.74, 6) is 2.62. The van der Waals surface area contributed by atoms with Gasteiger partial charge in [-0.05, 0) is 64.0 Å². The lowest BCUT2D eigenvalue weighted by Crippen LogP contribution is -2.47. The number of nitrogens with zero attached hydrogens (tertiary/aromatic N) is 1. The first-order valence-electron chi connectivity index (χ1n) is 8.43. The van der Waals surface area contributed by atoms with Crippen LogP contribution in [0.3, 0.4) is 0 Å². The third-order valence-electron chi connectivity index (χ3n) is 5.30. The van der Waals surface area contributed by atoms with Gasteiger partial charge in [-0.2, -0.15) is 0 Å². The average molecular weight is 268 g/mol. The first-order valence-corrected chi connectivity index (χ1v) is 8.43. The average Bonchev–Trinajstić information content (AvgIpc) is 2.39. The summed E-state index contributed by atoms with van der Waals surface area (Å²) in [6.45, 7) is 14.0. The Morgan fingerprint density at radius 2 is 1.84 bits per heavy atom. The van der Waals surface area contributed by atoms with Crippen LogP contribution in [0.1, 0.15) is 60.3 Å². The van der Waals surface area contributed by atoms with Gasteiger partial charge >= 0.3 is 0 Å². The quantitative estimate of drug-likeness (QED) is 0.756. The van der Waals surface area contributed by atoms with Crippen LogP contribution >= 0.6 is 0 Å². The summed E-state index contributed by atoms with van der Waals surface area (Å²) in [4.78, 5) is 2.57. The van der Waals surface area contributed by atoms with Gasteiger partial charge in [0.25, 0.3) is 0 Å². The Morgan fingerprint density at radius 3 is 2.37 bits per heavy atom. The Bertz CT molecular complexity index is 239. The van der Waals surface area contributed by atoms with Gasteiger partial charge in [0.2, 0.25) is 0 Å². The Labute approximate surface area is 121 Å². The molecular formula is C17H36N2. The summed E-state index contributed by atoms with van der Waals surface area (Å²) >= 11 is 0. The maximum Gasteiger partial charge on any atom is 0.0108 e. The van der Waals surface area contributed by atoms with Gasteiger partial charge < -0.3 is 10.2 Å². The van der Waals surface area contributed by atoms with E-state index in [1.807, 2.05) is 0 Å². The lowest BCUT2D eigenvalue weighted by atomic mass is 9.73. The Kier molecular flexibility index (Phi) is 7.38. The number of nitrogens with one attached hydrogen (secondary N) is 1. The van der Waals surface area contributed by atoms with E-state index in [-0.39, 0.29) is 0 Å². The molecule has 114 valence electrons. The van der Waals surface area contributed by atoms with Crippen LogP contribution in [0.25, 0.3) is 0 Å². The van der Waals surface area contributed by atoms with E-state index in [0.717, 1.165) is 30.3 Å². The second kappa shape index (κ2) is 8.26. The van der Waals surface area contributed by atoms with Crippen molar-refractivity contribution in [3.63, 3.8) is 0 Å². The van der Waals surface area contributed by atoms with Crippen LogP contribution in [0, 0.1) is 17.8 Å². The van der Waals surface area contributed by atoms with Crippen molar-refractivity contribution >= 4 is 0 Å². The molecule has 2 nitrogen and oxygen atoms in total. The van der Waals surface area contributed by atoms with Crippen molar-refractivity contribution in [3.8, 4) is 0 Å². The van der Waals surface area contributed by atoms with Crippen molar-refractivity contribution in [2.45, 2.75) is 72.4 Å². The monoisotopic (exact) mass is 268 g/mol. The highest BCUT2D eigenvalue weighted by Crippen LogP contribution is 2.34. The fraction of sp³-hybridized carbons (Fsp3) is 1.00. The first-order chi connectivity index (χ1) is 8.99. The van der Waals surface area contributed by atoms with Crippen LogP contribution in [-0.2, 0) is 0 Å². The predicted molar refractivity (Wildman–Crippen MR) is 85.5 cm³/mol. The Hall–Kier alpha value is -0.0800. The Balaban J connectivity index is 2.60. The van der Waals surface area contributed by atoms with Crippen LogP contribution in [0.5, 0.6) is 0 Å². The molecule has 2 heteroatoms. The minimum absolute atomic E-state index is 0.710. The van der Waals surface area contributed by atoms with Gasteiger partial charge in [0, 0.05) is 18.6 Å². The van der Waals surface area contributed by atoms with E-state index in [1.54, 1.807) is 0 Å². The third-order valence-corrected chi connectivity index (χ3v) is 5.30. The zero-order chi connectivity index (χ0) is 14.4. The highest BCUT2D eigenvalue weighted by atomic mass is 15.1. The molecule has 0 aliphatic heterocycles. The highest BCUT2D eigenvalue weighted by molar-refractivity contribution is 4.87. The van der Waals surface area contributed by atoms with Gasteiger partial charge in [0.1, 0.15) is 0 Å². The molecule has 19 heavy (non-hydrogen) atoms. The zero-order valence-electron chi connectivity index (χ0n) is 14.1. The smallest absolute Gasteiger partial charge is 0.0108 e. The number of hydrogen-bond donors (Lipinski definition) is 1. The van der Waals surface area contributed by atoms with E-state index in [9.17, 15) is 0 Å². The minimum atomic E-state index is 0.710. The van der Waals surface area contributed by atoms with Gasteiger partial charge in [-0.3, -0.25) is 0 Å². The van der Waals surface area contributed by atoms with Gasteiger partial charge in [0.15, 0.2) is 0 Å². The molecule has 1 fully saturated rings. The first kappa shape index (κ1) is 17.0. The van der Waals surface area contributed by atoms with Crippen molar-refractivity contribution in [1.29, 1.82) is 0 Å². The van der Waals surface area contributed by atoms with Gasteiger partial charge in [0.05, 0.1) is 0 Å². The minimum Gasteiger partial charge on any atom is -0.314 e. The summed E-state index contributed by atoms with van der Waals surface area (Å²) in [6, 6.07) is 1.45. The molecule has 0 saturated heterocycles. The molecule has 1 rings (SSSR count). The fourth-order valence-electron chi connectivity index (χ4n) is 3.50. The molecule has 0 heterocycles. The molecule has 0 amide bonds. The van der Waals surface area contributed by atoms with E-state index in [2.05, 4.69) is 51.9 Å².